The van der Waals surface area contributed by atoms with Gasteiger partial charge in [0.25, 0.3) is 0 Å². The Morgan fingerprint density at radius 2 is 2.25 bits per heavy atom. The summed E-state index contributed by atoms with van der Waals surface area (Å²) in [7, 11) is -2.93. The van der Waals surface area contributed by atoms with Crippen molar-refractivity contribution < 1.29 is 13.2 Å². The fourth-order valence-electron chi connectivity index (χ4n) is 1.05. The maximum Gasteiger partial charge on any atom is 0.147 e. The lowest BCUT2D eigenvalue weighted by atomic mass is 10.3. The summed E-state index contributed by atoms with van der Waals surface area (Å²) < 4.78 is 27.7. The second-order valence-corrected chi connectivity index (χ2v) is 6.73. The number of benzene rings is 1. The molecule has 6 heteroatoms. The number of sulfone groups is 1. The van der Waals surface area contributed by atoms with Gasteiger partial charge in [0.2, 0.25) is 0 Å². The second kappa shape index (κ2) is 5.89. The summed E-state index contributed by atoms with van der Waals surface area (Å²) in [5, 5.41) is 0.446. The lowest BCUT2D eigenvalue weighted by Gasteiger charge is -2.08. The van der Waals surface area contributed by atoms with Crippen LogP contribution in [0.3, 0.4) is 0 Å². The van der Waals surface area contributed by atoms with Crippen molar-refractivity contribution in [2.75, 3.05) is 18.6 Å². The van der Waals surface area contributed by atoms with Crippen LogP contribution in [-0.2, 0) is 9.84 Å². The smallest absolute Gasteiger partial charge is 0.147 e. The van der Waals surface area contributed by atoms with Gasteiger partial charge in [-0.05, 0) is 40.5 Å². The van der Waals surface area contributed by atoms with Crippen LogP contribution in [0.2, 0.25) is 5.02 Å². The standard InChI is InChI=1S/C10H11BrClO3S/c1-16(13,14)7-3-6-15-9-5-2-4-8(11)10(9)12/h2,5H,3,6-7H2,1H3. The predicted molar refractivity (Wildman–Crippen MR) is 67.8 cm³/mol. The molecule has 0 unspecified atom stereocenters. The molecule has 1 aromatic rings. The van der Waals surface area contributed by atoms with Gasteiger partial charge in [-0.15, -0.1) is 0 Å². The molecule has 0 N–H and O–H groups in total. The maximum atomic E-state index is 10.9. The fraction of sp³-hybridized carbons (Fsp3) is 0.400. The fourth-order valence-corrected chi connectivity index (χ4v) is 2.19. The average Bonchev–Trinajstić information content (AvgIpc) is 2.17. The van der Waals surface area contributed by atoms with Gasteiger partial charge in [0, 0.05) is 10.7 Å². The van der Waals surface area contributed by atoms with Gasteiger partial charge in [0.05, 0.1) is 17.4 Å². The Bertz CT molecular complexity index is 459. The third-order valence-corrected chi connectivity index (χ3v) is 4.03. The Balaban J connectivity index is 2.47. The number of hydrogen-bond donors (Lipinski definition) is 0. The summed E-state index contributed by atoms with van der Waals surface area (Å²) in [6, 6.07) is 6.23. The van der Waals surface area contributed by atoms with E-state index in [1.54, 1.807) is 12.1 Å². The van der Waals surface area contributed by atoms with E-state index in [0.29, 0.717) is 28.3 Å². The molecular formula is C10H11BrClO3S. The molecule has 0 heterocycles. The summed E-state index contributed by atoms with van der Waals surface area (Å²) in [4.78, 5) is 0. The van der Waals surface area contributed by atoms with E-state index in [1.807, 2.05) is 0 Å². The molecule has 0 aliphatic rings. The lowest BCUT2D eigenvalue weighted by Crippen LogP contribution is -2.08. The maximum absolute atomic E-state index is 10.9. The minimum Gasteiger partial charge on any atom is -0.492 e. The molecule has 89 valence electrons. The molecule has 0 saturated carbocycles. The van der Waals surface area contributed by atoms with E-state index >= 15 is 0 Å². The van der Waals surface area contributed by atoms with Gasteiger partial charge in [-0.2, -0.15) is 0 Å². The van der Waals surface area contributed by atoms with Gasteiger partial charge in [0.1, 0.15) is 15.6 Å². The highest BCUT2D eigenvalue weighted by molar-refractivity contribution is 9.10. The molecule has 0 spiro atoms. The number of halogens is 2. The summed E-state index contributed by atoms with van der Waals surface area (Å²) in [6.45, 7) is 0.323. The van der Waals surface area contributed by atoms with Crippen LogP contribution in [0.1, 0.15) is 6.42 Å². The van der Waals surface area contributed by atoms with E-state index in [2.05, 4.69) is 22.0 Å². The molecule has 0 amide bonds. The van der Waals surface area contributed by atoms with Crippen molar-refractivity contribution in [2.24, 2.45) is 0 Å². The minimum absolute atomic E-state index is 0.116. The summed E-state index contributed by atoms with van der Waals surface area (Å²) in [5.41, 5.74) is 0. The molecule has 0 saturated heterocycles. The van der Waals surface area contributed by atoms with Crippen LogP contribution in [0.4, 0.5) is 0 Å². The van der Waals surface area contributed by atoms with Crippen LogP contribution in [-0.4, -0.2) is 27.0 Å². The Morgan fingerprint density at radius 1 is 1.56 bits per heavy atom. The zero-order chi connectivity index (χ0) is 12.2. The molecule has 0 aliphatic carbocycles. The van der Waals surface area contributed by atoms with Crippen LogP contribution < -0.4 is 4.74 Å². The number of rotatable bonds is 5. The zero-order valence-corrected chi connectivity index (χ0v) is 11.8. The van der Waals surface area contributed by atoms with Gasteiger partial charge >= 0.3 is 0 Å². The van der Waals surface area contributed by atoms with E-state index in [4.69, 9.17) is 16.3 Å². The molecule has 0 fully saturated rings. The monoisotopic (exact) mass is 325 g/mol. The first-order valence-electron chi connectivity index (χ1n) is 4.56. The van der Waals surface area contributed by atoms with Crippen LogP contribution >= 0.6 is 27.5 Å². The second-order valence-electron chi connectivity index (χ2n) is 3.30. The van der Waals surface area contributed by atoms with Crippen molar-refractivity contribution in [2.45, 2.75) is 6.42 Å². The molecule has 0 atom stereocenters. The van der Waals surface area contributed by atoms with Crippen molar-refractivity contribution in [3.8, 4) is 5.75 Å². The lowest BCUT2D eigenvalue weighted by molar-refractivity contribution is 0.318. The van der Waals surface area contributed by atoms with Crippen molar-refractivity contribution >= 4 is 37.4 Å². The largest absolute Gasteiger partial charge is 0.492 e. The van der Waals surface area contributed by atoms with E-state index in [1.165, 1.54) is 6.26 Å². The molecule has 0 bridgehead atoms. The molecule has 1 aromatic carbocycles. The van der Waals surface area contributed by atoms with Crippen LogP contribution in [0, 0.1) is 6.07 Å². The Hall–Kier alpha value is -0.260. The molecule has 1 radical (unpaired) electrons. The summed E-state index contributed by atoms with van der Waals surface area (Å²) in [5.74, 6) is 0.644. The highest BCUT2D eigenvalue weighted by Gasteiger charge is 2.06. The highest BCUT2D eigenvalue weighted by Crippen LogP contribution is 2.31. The third kappa shape index (κ3) is 4.72. The van der Waals surface area contributed by atoms with Gasteiger partial charge in [-0.25, -0.2) is 8.42 Å². The van der Waals surface area contributed by atoms with Crippen molar-refractivity contribution in [1.82, 2.24) is 0 Å². The Labute approximate surface area is 109 Å². The van der Waals surface area contributed by atoms with E-state index in [9.17, 15) is 8.42 Å². The zero-order valence-electron chi connectivity index (χ0n) is 8.66. The van der Waals surface area contributed by atoms with E-state index in [0.717, 1.165) is 0 Å². The normalized spacial score (nSPS) is 11.4. The van der Waals surface area contributed by atoms with Gasteiger partial charge in [-0.3, -0.25) is 0 Å². The first-order valence-corrected chi connectivity index (χ1v) is 7.79. The minimum atomic E-state index is -2.93. The Morgan fingerprint density at radius 3 is 2.88 bits per heavy atom. The van der Waals surface area contributed by atoms with Crippen LogP contribution in [0.25, 0.3) is 0 Å². The highest BCUT2D eigenvalue weighted by atomic mass is 79.9. The molecule has 1 rings (SSSR count). The molecule has 0 aliphatic heterocycles. The molecule has 0 aromatic heterocycles. The van der Waals surface area contributed by atoms with Crippen molar-refractivity contribution in [3.63, 3.8) is 0 Å². The van der Waals surface area contributed by atoms with Crippen LogP contribution in [0.15, 0.2) is 16.6 Å². The average molecular weight is 327 g/mol. The van der Waals surface area contributed by atoms with Gasteiger partial charge < -0.3 is 4.74 Å². The number of hydrogen-bond acceptors (Lipinski definition) is 3. The third-order valence-electron chi connectivity index (χ3n) is 1.77. The van der Waals surface area contributed by atoms with Crippen molar-refractivity contribution in [3.05, 3.63) is 27.7 Å². The van der Waals surface area contributed by atoms with E-state index < -0.39 is 9.84 Å². The van der Waals surface area contributed by atoms with Gasteiger partial charge in [0.15, 0.2) is 0 Å². The summed E-state index contributed by atoms with van der Waals surface area (Å²) in [6.07, 6.45) is 1.65. The van der Waals surface area contributed by atoms with Crippen LogP contribution in [0.5, 0.6) is 5.75 Å². The van der Waals surface area contributed by atoms with E-state index in [-0.39, 0.29) is 5.75 Å². The SMILES string of the molecule is CS(=O)(=O)CCCOc1cc[c]c(Br)c1Cl. The summed E-state index contributed by atoms with van der Waals surface area (Å²) >= 11 is 9.16. The molecular weight excluding hydrogens is 316 g/mol. The topological polar surface area (TPSA) is 43.4 Å². The van der Waals surface area contributed by atoms with Gasteiger partial charge in [-0.1, -0.05) is 11.6 Å². The predicted octanol–water partition coefficient (Wildman–Crippen LogP) is 2.72. The first kappa shape index (κ1) is 13.8. The quantitative estimate of drug-likeness (QED) is 0.781. The molecule has 3 nitrogen and oxygen atoms in total. The molecule has 16 heavy (non-hydrogen) atoms. The first-order chi connectivity index (χ1) is 7.40. The number of ether oxygens (including phenoxy) is 1. The van der Waals surface area contributed by atoms with Crippen molar-refractivity contribution in [1.29, 1.82) is 0 Å². The Kier molecular flexibility index (Phi) is 5.08.